The molecule has 0 aromatic rings. The predicted molar refractivity (Wildman–Crippen MR) is 53.3 cm³/mol. The molecule has 1 aliphatic heterocycles. The first kappa shape index (κ1) is 11.8. The highest BCUT2D eigenvalue weighted by atomic mass is 35.5. The van der Waals surface area contributed by atoms with Crippen LogP contribution in [0.5, 0.6) is 0 Å². The molecule has 1 aliphatic rings. The molecule has 5 heteroatoms. The van der Waals surface area contributed by atoms with Crippen molar-refractivity contribution in [1.82, 2.24) is 5.32 Å². The van der Waals surface area contributed by atoms with E-state index in [-0.39, 0.29) is 24.7 Å². The summed E-state index contributed by atoms with van der Waals surface area (Å²) in [5.74, 6) is -0.263. The Morgan fingerprint density at radius 1 is 1.79 bits per heavy atom. The summed E-state index contributed by atoms with van der Waals surface area (Å²) in [7, 11) is 0. The SMILES string of the molecule is CC(Cl)C(=O)NC(CO)C1CCCO1. The van der Waals surface area contributed by atoms with Crippen molar-refractivity contribution in [3.05, 3.63) is 0 Å². The fourth-order valence-corrected chi connectivity index (χ4v) is 1.54. The van der Waals surface area contributed by atoms with Crippen LogP contribution in [0.15, 0.2) is 0 Å². The van der Waals surface area contributed by atoms with Gasteiger partial charge in [0.05, 0.1) is 18.8 Å². The molecular formula is C9H16ClNO3. The zero-order valence-electron chi connectivity index (χ0n) is 8.20. The molecule has 0 aromatic carbocycles. The molecule has 1 amide bonds. The minimum Gasteiger partial charge on any atom is -0.394 e. The number of carbonyl (C=O) groups excluding carboxylic acids is 1. The third-order valence-corrected chi connectivity index (χ3v) is 2.50. The van der Waals surface area contributed by atoms with E-state index in [9.17, 15) is 4.79 Å². The largest absolute Gasteiger partial charge is 0.394 e. The van der Waals surface area contributed by atoms with Crippen LogP contribution in [0.3, 0.4) is 0 Å². The average Bonchev–Trinajstić information content (AvgIpc) is 2.66. The van der Waals surface area contributed by atoms with E-state index in [1.165, 1.54) is 0 Å². The molecule has 3 unspecified atom stereocenters. The standard InChI is InChI=1S/C9H16ClNO3/c1-6(10)9(13)11-7(5-12)8-3-2-4-14-8/h6-8,12H,2-5H2,1H3,(H,11,13). The van der Waals surface area contributed by atoms with Crippen molar-refractivity contribution < 1.29 is 14.6 Å². The van der Waals surface area contributed by atoms with Crippen LogP contribution >= 0.6 is 11.6 Å². The van der Waals surface area contributed by atoms with Crippen LogP contribution in [-0.4, -0.2) is 41.8 Å². The Bertz CT molecular complexity index is 192. The monoisotopic (exact) mass is 221 g/mol. The summed E-state index contributed by atoms with van der Waals surface area (Å²) in [6, 6.07) is -0.328. The number of alkyl halides is 1. The molecule has 1 saturated heterocycles. The lowest BCUT2D eigenvalue weighted by Crippen LogP contribution is -2.47. The molecule has 0 aliphatic carbocycles. The van der Waals surface area contributed by atoms with E-state index >= 15 is 0 Å². The lowest BCUT2D eigenvalue weighted by molar-refractivity contribution is -0.122. The Hall–Kier alpha value is -0.320. The molecule has 1 fully saturated rings. The normalized spacial score (nSPS) is 25.8. The molecule has 0 aromatic heterocycles. The zero-order valence-corrected chi connectivity index (χ0v) is 8.96. The lowest BCUT2D eigenvalue weighted by atomic mass is 10.1. The molecule has 4 nitrogen and oxygen atoms in total. The highest BCUT2D eigenvalue weighted by molar-refractivity contribution is 6.30. The quantitative estimate of drug-likeness (QED) is 0.670. The smallest absolute Gasteiger partial charge is 0.238 e. The van der Waals surface area contributed by atoms with E-state index in [2.05, 4.69) is 5.32 Å². The highest BCUT2D eigenvalue weighted by Crippen LogP contribution is 2.15. The fraction of sp³-hybridized carbons (Fsp3) is 0.889. The fourth-order valence-electron chi connectivity index (χ4n) is 1.47. The summed E-state index contributed by atoms with van der Waals surface area (Å²) >= 11 is 5.60. The molecule has 0 radical (unpaired) electrons. The average molecular weight is 222 g/mol. The van der Waals surface area contributed by atoms with Crippen LogP contribution in [0, 0.1) is 0 Å². The van der Waals surface area contributed by atoms with Crippen molar-refractivity contribution in [2.75, 3.05) is 13.2 Å². The molecule has 0 bridgehead atoms. The first-order valence-corrected chi connectivity index (χ1v) is 5.25. The van der Waals surface area contributed by atoms with E-state index in [1.807, 2.05) is 0 Å². The maximum atomic E-state index is 11.3. The van der Waals surface area contributed by atoms with Crippen molar-refractivity contribution in [3.8, 4) is 0 Å². The van der Waals surface area contributed by atoms with E-state index in [0.29, 0.717) is 6.61 Å². The van der Waals surface area contributed by atoms with Crippen LogP contribution in [0.4, 0.5) is 0 Å². The van der Waals surface area contributed by atoms with Gasteiger partial charge in [0, 0.05) is 6.61 Å². The van der Waals surface area contributed by atoms with Gasteiger partial charge in [-0.05, 0) is 19.8 Å². The summed E-state index contributed by atoms with van der Waals surface area (Å²) in [6.07, 6.45) is 1.79. The third kappa shape index (κ3) is 3.12. The number of aliphatic hydroxyl groups excluding tert-OH is 1. The number of hydrogen-bond donors (Lipinski definition) is 2. The van der Waals surface area contributed by atoms with Gasteiger partial charge in [-0.1, -0.05) is 0 Å². The van der Waals surface area contributed by atoms with Gasteiger partial charge in [-0.3, -0.25) is 4.79 Å². The first-order valence-electron chi connectivity index (χ1n) is 4.82. The van der Waals surface area contributed by atoms with E-state index in [1.54, 1.807) is 6.92 Å². The van der Waals surface area contributed by atoms with E-state index in [0.717, 1.165) is 12.8 Å². The number of halogens is 1. The van der Waals surface area contributed by atoms with Gasteiger partial charge in [0.1, 0.15) is 5.38 Å². The molecule has 1 rings (SSSR count). The van der Waals surface area contributed by atoms with Gasteiger partial charge in [-0.15, -0.1) is 11.6 Å². The lowest BCUT2D eigenvalue weighted by Gasteiger charge is -2.22. The van der Waals surface area contributed by atoms with Crippen LogP contribution in [-0.2, 0) is 9.53 Å². The number of aliphatic hydroxyl groups is 1. The van der Waals surface area contributed by atoms with Crippen LogP contribution in [0.2, 0.25) is 0 Å². The van der Waals surface area contributed by atoms with Crippen molar-refractivity contribution in [1.29, 1.82) is 0 Å². The second-order valence-corrected chi connectivity index (χ2v) is 4.12. The minimum atomic E-state index is -0.578. The van der Waals surface area contributed by atoms with Crippen LogP contribution in [0.25, 0.3) is 0 Å². The van der Waals surface area contributed by atoms with Gasteiger partial charge >= 0.3 is 0 Å². The van der Waals surface area contributed by atoms with Gasteiger partial charge < -0.3 is 15.2 Å². The Balaban J connectivity index is 2.41. The van der Waals surface area contributed by atoms with E-state index in [4.69, 9.17) is 21.4 Å². The molecule has 1 heterocycles. The number of rotatable bonds is 4. The van der Waals surface area contributed by atoms with Crippen LogP contribution in [0.1, 0.15) is 19.8 Å². The summed E-state index contributed by atoms with van der Waals surface area (Å²) in [5.41, 5.74) is 0. The summed E-state index contributed by atoms with van der Waals surface area (Å²) < 4.78 is 5.37. The van der Waals surface area contributed by atoms with E-state index < -0.39 is 5.38 Å². The Morgan fingerprint density at radius 3 is 2.93 bits per heavy atom. The summed E-state index contributed by atoms with van der Waals surface area (Å²) in [5, 5.41) is 11.2. The number of hydrogen-bond acceptors (Lipinski definition) is 3. The Morgan fingerprint density at radius 2 is 2.50 bits per heavy atom. The van der Waals surface area contributed by atoms with Crippen molar-refractivity contribution >= 4 is 17.5 Å². The maximum Gasteiger partial charge on any atom is 0.238 e. The predicted octanol–water partition coefficient (Wildman–Crippen LogP) is 0.270. The van der Waals surface area contributed by atoms with Gasteiger partial charge in [0.15, 0.2) is 0 Å². The topological polar surface area (TPSA) is 58.6 Å². The molecule has 14 heavy (non-hydrogen) atoms. The molecule has 0 saturated carbocycles. The van der Waals surface area contributed by atoms with Gasteiger partial charge in [-0.25, -0.2) is 0 Å². The number of amides is 1. The van der Waals surface area contributed by atoms with Gasteiger partial charge in [-0.2, -0.15) is 0 Å². The zero-order chi connectivity index (χ0) is 10.6. The second-order valence-electron chi connectivity index (χ2n) is 3.47. The molecular weight excluding hydrogens is 206 g/mol. The third-order valence-electron chi connectivity index (χ3n) is 2.30. The molecule has 0 spiro atoms. The molecule has 2 N–H and O–H groups in total. The summed E-state index contributed by atoms with van der Waals surface area (Å²) in [6.45, 7) is 2.19. The first-order chi connectivity index (χ1) is 6.65. The number of nitrogens with one attached hydrogen (secondary N) is 1. The van der Waals surface area contributed by atoms with Gasteiger partial charge in [0.2, 0.25) is 5.91 Å². The van der Waals surface area contributed by atoms with Crippen molar-refractivity contribution in [2.45, 2.75) is 37.3 Å². The van der Waals surface area contributed by atoms with Gasteiger partial charge in [0.25, 0.3) is 0 Å². The Kier molecular flexibility index (Phi) is 4.65. The highest BCUT2D eigenvalue weighted by Gasteiger charge is 2.27. The summed E-state index contributed by atoms with van der Waals surface area (Å²) in [4.78, 5) is 11.3. The number of ether oxygens (including phenoxy) is 1. The maximum absolute atomic E-state index is 11.3. The second kappa shape index (κ2) is 5.53. The van der Waals surface area contributed by atoms with Crippen LogP contribution < -0.4 is 5.32 Å². The minimum absolute atomic E-state index is 0.0700. The van der Waals surface area contributed by atoms with Crippen molar-refractivity contribution in [2.24, 2.45) is 0 Å². The molecule has 82 valence electrons. The molecule has 3 atom stereocenters. The Labute approximate surface area is 88.6 Å². The van der Waals surface area contributed by atoms with Crippen molar-refractivity contribution in [3.63, 3.8) is 0 Å². The number of carbonyl (C=O) groups is 1.